The van der Waals surface area contributed by atoms with E-state index in [2.05, 4.69) is 105 Å². The fraction of sp³-hybridized carbons (Fsp3) is 0. The number of nitrogens with zero attached hydrogens (tertiary/aromatic N) is 4. The van der Waals surface area contributed by atoms with Crippen LogP contribution in [0.3, 0.4) is 0 Å². The highest BCUT2D eigenvalue weighted by molar-refractivity contribution is 6.12. The molecule has 5 heteroatoms. The van der Waals surface area contributed by atoms with Crippen molar-refractivity contribution in [1.29, 1.82) is 0 Å². The van der Waals surface area contributed by atoms with Gasteiger partial charge in [-0.1, -0.05) is 66.7 Å². The maximum Gasteiger partial charge on any atom is 0.219 e. The lowest BCUT2D eigenvalue weighted by Crippen LogP contribution is -2.12. The molecule has 1 aliphatic heterocycles. The number of anilines is 3. The Bertz CT molecular complexity index is 2080. The summed E-state index contributed by atoms with van der Waals surface area (Å²) < 4.78 is 8.39. The van der Waals surface area contributed by atoms with Crippen LogP contribution < -0.4 is 9.64 Å². The number of benzene rings is 4. The first kappa shape index (κ1) is 23.2. The monoisotopic (exact) mass is 528 g/mol. The molecule has 8 rings (SSSR count). The SMILES string of the molecule is C1=Cc2cc3c4ccccc4n(-c4ccccn4)c3cc2N(c2cccc(Oc3ccccn3)c2)c2ccccc21. The van der Waals surface area contributed by atoms with E-state index >= 15 is 0 Å². The molecule has 41 heavy (non-hydrogen) atoms. The highest BCUT2D eigenvalue weighted by atomic mass is 16.5. The van der Waals surface area contributed by atoms with E-state index in [4.69, 9.17) is 9.72 Å². The highest BCUT2D eigenvalue weighted by Crippen LogP contribution is 2.45. The van der Waals surface area contributed by atoms with Gasteiger partial charge in [0.1, 0.15) is 11.6 Å². The molecular formula is C36H24N4O. The van der Waals surface area contributed by atoms with Crippen molar-refractivity contribution in [3.63, 3.8) is 0 Å². The molecule has 0 unspecified atom stereocenters. The van der Waals surface area contributed by atoms with Crippen LogP contribution >= 0.6 is 0 Å². The standard InChI is InChI=1S/C36H24N4O/c1-3-14-31-25(10-1)18-19-26-22-30-29-13-2-4-15-32(29)40(35-16-5-7-20-37-35)34(30)24-33(26)39(31)27-11-9-12-28(23-27)41-36-17-6-8-21-38-36/h1-24H. The number of hydrogen-bond donors (Lipinski definition) is 0. The van der Waals surface area contributed by atoms with Crippen molar-refractivity contribution in [3.05, 3.63) is 145 Å². The normalized spacial score (nSPS) is 12.2. The summed E-state index contributed by atoms with van der Waals surface area (Å²) in [5, 5.41) is 2.39. The number of fused-ring (bicyclic) bond motifs is 5. The molecule has 0 aliphatic carbocycles. The van der Waals surface area contributed by atoms with E-state index in [0.717, 1.165) is 50.8 Å². The van der Waals surface area contributed by atoms with Crippen LogP contribution in [0.15, 0.2) is 134 Å². The topological polar surface area (TPSA) is 43.2 Å². The molecule has 0 spiro atoms. The van der Waals surface area contributed by atoms with Crippen LogP contribution in [0, 0.1) is 0 Å². The minimum Gasteiger partial charge on any atom is -0.439 e. The van der Waals surface area contributed by atoms with Crippen molar-refractivity contribution in [2.24, 2.45) is 0 Å². The van der Waals surface area contributed by atoms with E-state index in [1.807, 2.05) is 48.7 Å². The second-order valence-electron chi connectivity index (χ2n) is 9.96. The maximum atomic E-state index is 6.14. The third-order valence-electron chi connectivity index (χ3n) is 7.50. The first-order valence-corrected chi connectivity index (χ1v) is 13.6. The average molecular weight is 529 g/mol. The minimum atomic E-state index is 0.560. The Kier molecular flexibility index (Phi) is 5.38. The summed E-state index contributed by atoms with van der Waals surface area (Å²) in [5.41, 5.74) is 7.67. The largest absolute Gasteiger partial charge is 0.439 e. The van der Waals surface area contributed by atoms with Gasteiger partial charge in [0.2, 0.25) is 5.88 Å². The Balaban J connectivity index is 1.38. The summed E-state index contributed by atoms with van der Waals surface area (Å²) in [4.78, 5) is 11.4. The van der Waals surface area contributed by atoms with Gasteiger partial charge in [-0.15, -0.1) is 0 Å². The van der Waals surface area contributed by atoms with E-state index in [1.165, 1.54) is 10.8 Å². The van der Waals surface area contributed by atoms with Crippen molar-refractivity contribution < 1.29 is 4.74 Å². The first-order chi connectivity index (χ1) is 20.3. The van der Waals surface area contributed by atoms with Crippen LogP contribution in [-0.2, 0) is 0 Å². The predicted molar refractivity (Wildman–Crippen MR) is 166 cm³/mol. The molecular weight excluding hydrogens is 504 g/mol. The molecule has 4 aromatic carbocycles. The fourth-order valence-corrected chi connectivity index (χ4v) is 5.71. The minimum absolute atomic E-state index is 0.560. The van der Waals surface area contributed by atoms with E-state index in [0.29, 0.717) is 5.88 Å². The molecule has 3 aromatic heterocycles. The lowest BCUT2D eigenvalue weighted by atomic mass is 10.1. The number of hydrogen-bond acceptors (Lipinski definition) is 4. The van der Waals surface area contributed by atoms with Crippen LogP contribution in [-0.4, -0.2) is 14.5 Å². The zero-order valence-corrected chi connectivity index (χ0v) is 22.1. The highest BCUT2D eigenvalue weighted by Gasteiger charge is 2.23. The van der Waals surface area contributed by atoms with Crippen LogP contribution in [0.5, 0.6) is 11.6 Å². The van der Waals surface area contributed by atoms with Gasteiger partial charge in [0.05, 0.1) is 22.4 Å². The van der Waals surface area contributed by atoms with E-state index in [-0.39, 0.29) is 0 Å². The molecule has 0 N–H and O–H groups in total. The Labute approximate surface area is 237 Å². The quantitative estimate of drug-likeness (QED) is 0.228. The number of aromatic nitrogens is 3. The van der Waals surface area contributed by atoms with Gasteiger partial charge in [0.25, 0.3) is 0 Å². The molecule has 0 amide bonds. The molecule has 0 fully saturated rings. The van der Waals surface area contributed by atoms with E-state index in [9.17, 15) is 0 Å². The zero-order valence-electron chi connectivity index (χ0n) is 22.1. The summed E-state index contributed by atoms with van der Waals surface area (Å²) in [6.07, 6.45) is 8.00. The van der Waals surface area contributed by atoms with Crippen LogP contribution in [0.25, 0.3) is 39.8 Å². The number of para-hydroxylation sites is 2. The van der Waals surface area contributed by atoms with Crippen LogP contribution in [0.2, 0.25) is 0 Å². The second-order valence-corrected chi connectivity index (χ2v) is 9.96. The summed E-state index contributed by atoms with van der Waals surface area (Å²) in [6.45, 7) is 0. The lowest BCUT2D eigenvalue weighted by molar-refractivity contribution is 0.463. The Hall–Kier alpha value is -5.68. The number of rotatable bonds is 4. The zero-order chi connectivity index (χ0) is 27.2. The molecule has 0 saturated heterocycles. The summed E-state index contributed by atoms with van der Waals surface area (Å²) in [5.74, 6) is 2.17. The summed E-state index contributed by atoms with van der Waals surface area (Å²) >= 11 is 0. The molecule has 0 atom stereocenters. The molecule has 0 bridgehead atoms. The predicted octanol–water partition coefficient (Wildman–Crippen LogP) is 9.32. The van der Waals surface area contributed by atoms with Gasteiger partial charge in [-0.05, 0) is 65.7 Å². The molecule has 194 valence electrons. The Morgan fingerprint density at radius 3 is 2.22 bits per heavy atom. The van der Waals surface area contributed by atoms with Gasteiger partial charge >= 0.3 is 0 Å². The molecule has 0 saturated carbocycles. The molecule has 7 aromatic rings. The molecule has 4 heterocycles. The number of ether oxygens (including phenoxy) is 1. The maximum absolute atomic E-state index is 6.14. The molecule has 5 nitrogen and oxygen atoms in total. The van der Waals surface area contributed by atoms with Gasteiger partial charge < -0.3 is 9.64 Å². The second kappa shape index (κ2) is 9.50. The van der Waals surface area contributed by atoms with Gasteiger partial charge in [-0.3, -0.25) is 4.57 Å². The van der Waals surface area contributed by atoms with Crippen LogP contribution in [0.1, 0.15) is 11.1 Å². The average Bonchev–Trinajstić information content (AvgIpc) is 3.25. The van der Waals surface area contributed by atoms with Crippen molar-refractivity contribution in [2.45, 2.75) is 0 Å². The van der Waals surface area contributed by atoms with Crippen LogP contribution in [0.4, 0.5) is 17.1 Å². The van der Waals surface area contributed by atoms with Crippen molar-refractivity contribution in [2.75, 3.05) is 4.90 Å². The Morgan fingerprint density at radius 1 is 0.537 bits per heavy atom. The lowest BCUT2D eigenvalue weighted by Gasteiger charge is -2.28. The van der Waals surface area contributed by atoms with Crippen molar-refractivity contribution in [1.82, 2.24) is 14.5 Å². The number of pyridine rings is 2. The van der Waals surface area contributed by atoms with Gasteiger partial charge in [-0.25, -0.2) is 9.97 Å². The van der Waals surface area contributed by atoms with Gasteiger partial charge in [0.15, 0.2) is 0 Å². The Morgan fingerprint density at radius 2 is 1.34 bits per heavy atom. The van der Waals surface area contributed by atoms with Gasteiger partial charge in [-0.2, -0.15) is 0 Å². The van der Waals surface area contributed by atoms with Gasteiger partial charge in [0, 0.05) is 41.0 Å². The fourth-order valence-electron chi connectivity index (χ4n) is 5.71. The smallest absolute Gasteiger partial charge is 0.219 e. The molecule has 1 aliphatic rings. The third-order valence-corrected chi connectivity index (χ3v) is 7.50. The van der Waals surface area contributed by atoms with Crippen molar-refractivity contribution in [3.8, 4) is 17.4 Å². The molecule has 0 radical (unpaired) electrons. The van der Waals surface area contributed by atoms with Crippen molar-refractivity contribution >= 4 is 51.0 Å². The summed E-state index contributed by atoms with van der Waals surface area (Å²) in [6, 6.07) is 41.5. The first-order valence-electron chi connectivity index (χ1n) is 13.6. The summed E-state index contributed by atoms with van der Waals surface area (Å²) in [7, 11) is 0. The van der Waals surface area contributed by atoms with E-state index < -0.39 is 0 Å². The third kappa shape index (κ3) is 3.95. The van der Waals surface area contributed by atoms with E-state index in [1.54, 1.807) is 6.20 Å².